The molecule has 3 aromatic rings. The van der Waals surface area contributed by atoms with E-state index >= 15 is 0 Å². The molecule has 1 aliphatic rings. The average Bonchev–Trinajstić information content (AvgIpc) is 3.15. The van der Waals surface area contributed by atoms with Crippen LogP contribution < -0.4 is 5.32 Å². The van der Waals surface area contributed by atoms with E-state index in [2.05, 4.69) is 5.32 Å². The van der Waals surface area contributed by atoms with Crippen LogP contribution in [0.5, 0.6) is 0 Å². The zero-order chi connectivity index (χ0) is 25.2. The van der Waals surface area contributed by atoms with Gasteiger partial charge in [-0.2, -0.15) is 13.2 Å². The van der Waals surface area contributed by atoms with Gasteiger partial charge < -0.3 is 20.3 Å². The molecule has 184 valence electrons. The van der Waals surface area contributed by atoms with E-state index in [-0.39, 0.29) is 36.6 Å². The van der Waals surface area contributed by atoms with Crippen molar-refractivity contribution in [2.75, 3.05) is 13.2 Å². The van der Waals surface area contributed by atoms with Gasteiger partial charge in [0.05, 0.1) is 11.7 Å². The summed E-state index contributed by atoms with van der Waals surface area (Å²) < 4.78 is 44.8. The van der Waals surface area contributed by atoms with Gasteiger partial charge in [0, 0.05) is 12.5 Å². The number of aryl methyl sites for hydroxylation is 1. The number of carbonyl (C=O) groups excluding carboxylic acids is 1. The highest BCUT2D eigenvalue weighted by Crippen LogP contribution is 2.44. The van der Waals surface area contributed by atoms with E-state index in [9.17, 15) is 28.2 Å². The molecule has 0 saturated heterocycles. The summed E-state index contributed by atoms with van der Waals surface area (Å²) in [7, 11) is 0. The second kappa shape index (κ2) is 10.1. The Hall–Kier alpha value is -3.36. The van der Waals surface area contributed by atoms with Gasteiger partial charge in [-0.05, 0) is 52.8 Å². The SMILES string of the molecule is Cc1ccc(C(O)C(O)CCNC(=O)OCC2c3ccccc3-c3ccccc32)cc1C(F)(F)F. The molecular weight excluding hydrogens is 459 g/mol. The number of aliphatic hydroxyl groups is 2. The van der Waals surface area contributed by atoms with E-state index in [1.54, 1.807) is 0 Å². The number of alkyl carbamates (subject to hydrolysis) is 1. The number of fused-ring (bicyclic) bond motifs is 3. The Kier molecular flexibility index (Phi) is 7.14. The molecule has 3 N–H and O–H groups in total. The summed E-state index contributed by atoms with van der Waals surface area (Å²) in [6.07, 6.45) is -8.20. The predicted molar refractivity (Wildman–Crippen MR) is 125 cm³/mol. The Morgan fingerprint density at radius 2 is 1.60 bits per heavy atom. The maximum absolute atomic E-state index is 13.1. The minimum absolute atomic E-state index is 0.0209. The van der Waals surface area contributed by atoms with Crippen LogP contribution in [0, 0.1) is 6.92 Å². The lowest BCUT2D eigenvalue weighted by Gasteiger charge is -2.20. The van der Waals surface area contributed by atoms with Crippen LogP contribution in [0.15, 0.2) is 66.7 Å². The van der Waals surface area contributed by atoms with Crippen LogP contribution in [0.2, 0.25) is 0 Å². The first-order valence-electron chi connectivity index (χ1n) is 11.3. The molecule has 8 heteroatoms. The maximum atomic E-state index is 13.1. The maximum Gasteiger partial charge on any atom is 0.416 e. The summed E-state index contributed by atoms with van der Waals surface area (Å²) >= 11 is 0. The smallest absolute Gasteiger partial charge is 0.416 e. The predicted octanol–water partition coefficient (Wildman–Crippen LogP) is 5.34. The molecule has 35 heavy (non-hydrogen) atoms. The summed E-state index contributed by atoms with van der Waals surface area (Å²) in [5.74, 6) is -0.0927. The molecule has 0 bridgehead atoms. The van der Waals surface area contributed by atoms with Crippen LogP contribution in [-0.4, -0.2) is 35.6 Å². The van der Waals surface area contributed by atoms with Gasteiger partial charge in [0.2, 0.25) is 0 Å². The normalized spacial score (nSPS) is 14.7. The topological polar surface area (TPSA) is 78.8 Å². The largest absolute Gasteiger partial charge is 0.449 e. The number of hydrogen-bond donors (Lipinski definition) is 3. The van der Waals surface area contributed by atoms with Crippen molar-refractivity contribution in [3.63, 3.8) is 0 Å². The lowest BCUT2D eigenvalue weighted by atomic mass is 9.97. The van der Waals surface area contributed by atoms with Crippen LogP contribution in [-0.2, 0) is 10.9 Å². The lowest BCUT2D eigenvalue weighted by Crippen LogP contribution is -2.30. The Morgan fingerprint density at radius 1 is 1.00 bits per heavy atom. The fourth-order valence-corrected chi connectivity index (χ4v) is 4.48. The average molecular weight is 486 g/mol. The number of hydrogen-bond acceptors (Lipinski definition) is 4. The molecule has 1 aliphatic carbocycles. The number of benzene rings is 3. The summed E-state index contributed by atoms with van der Waals surface area (Å²) in [6.45, 7) is 1.44. The van der Waals surface area contributed by atoms with Crippen molar-refractivity contribution < 1.29 is 32.9 Å². The number of alkyl halides is 3. The third-order valence-corrected chi connectivity index (χ3v) is 6.33. The summed E-state index contributed by atoms with van der Waals surface area (Å²) in [4.78, 5) is 12.2. The van der Waals surface area contributed by atoms with Crippen molar-refractivity contribution in [1.29, 1.82) is 0 Å². The second-order valence-corrected chi connectivity index (χ2v) is 8.63. The van der Waals surface area contributed by atoms with E-state index in [0.717, 1.165) is 28.3 Å². The van der Waals surface area contributed by atoms with Gasteiger partial charge >= 0.3 is 12.3 Å². The highest BCUT2D eigenvalue weighted by molar-refractivity contribution is 5.79. The van der Waals surface area contributed by atoms with Crippen molar-refractivity contribution >= 4 is 6.09 Å². The molecule has 0 heterocycles. The van der Waals surface area contributed by atoms with Gasteiger partial charge in [0.25, 0.3) is 0 Å². The van der Waals surface area contributed by atoms with Gasteiger partial charge in [0.15, 0.2) is 0 Å². The highest BCUT2D eigenvalue weighted by Gasteiger charge is 2.33. The number of aliphatic hydroxyl groups excluding tert-OH is 2. The van der Waals surface area contributed by atoms with Gasteiger partial charge in [0.1, 0.15) is 12.7 Å². The molecule has 1 amide bonds. The molecule has 2 atom stereocenters. The van der Waals surface area contributed by atoms with Crippen molar-refractivity contribution in [2.45, 2.75) is 37.6 Å². The Balaban J connectivity index is 1.29. The van der Waals surface area contributed by atoms with Crippen molar-refractivity contribution in [3.05, 3.63) is 94.5 Å². The molecule has 0 spiro atoms. The quantitative estimate of drug-likeness (QED) is 0.422. The summed E-state index contributed by atoms with van der Waals surface area (Å²) in [5.41, 5.74) is 3.50. The van der Waals surface area contributed by atoms with E-state index in [1.165, 1.54) is 19.1 Å². The number of ether oxygens (including phenoxy) is 1. The van der Waals surface area contributed by atoms with Crippen molar-refractivity contribution in [2.24, 2.45) is 0 Å². The van der Waals surface area contributed by atoms with Crippen LogP contribution in [0.3, 0.4) is 0 Å². The van der Waals surface area contributed by atoms with Gasteiger partial charge in [-0.3, -0.25) is 0 Å². The molecular formula is C27H26F3NO4. The number of carbonyl (C=O) groups is 1. The monoisotopic (exact) mass is 485 g/mol. The molecule has 0 aliphatic heterocycles. The summed E-state index contributed by atoms with van der Waals surface area (Å²) in [6, 6.07) is 19.3. The Labute approximate surface area is 201 Å². The number of nitrogens with one attached hydrogen (secondary N) is 1. The fourth-order valence-electron chi connectivity index (χ4n) is 4.48. The Bertz CT molecular complexity index is 1170. The van der Waals surface area contributed by atoms with Crippen LogP contribution >= 0.6 is 0 Å². The number of rotatable bonds is 7. The van der Waals surface area contributed by atoms with Gasteiger partial charge in [-0.15, -0.1) is 0 Å². The third-order valence-electron chi connectivity index (χ3n) is 6.33. The van der Waals surface area contributed by atoms with Crippen LogP contribution in [0.1, 0.15) is 46.3 Å². The molecule has 5 nitrogen and oxygen atoms in total. The molecule has 0 fully saturated rings. The standard InChI is InChI=1S/C27H26F3NO4/c1-16-10-11-17(14-23(16)27(28,29)30)25(33)24(32)12-13-31-26(34)35-15-22-20-8-4-2-6-18(20)19-7-3-5-9-21(19)22/h2-11,14,22,24-25,32-33H,12-13,15H2,1H3,(H,31,34). The first kappa shape index (κ1) is 24.8. The molecule has 2 unspecified atom stereocenters. The highest BCUT2D eigenvalue weighted by atomic mass is 19.4. The van der Waals surface area contributed by atoms with Gasteiger partial charge in [-0.25, -0.2) is 4.79 Å². The zero-order valence-corrected chi connectivity index (χ0v) is 19.0. The minimum atomic E-state index is -4.56. The van der Waals surface area contributed by atoms with Crippen LogP contribution in [0.25, 0.3) is 11.1 Å². The van der Waals surface area contributed by atoms with Crippen molar-refractivity contribution in [3.8, 4) is 11.1 Å². The van der Waals surface area contributed by atoms with E-state index in [0.29, 0.717) is 0 Å². The second-order valence-electron chi connectivity index (χ2n) is 8.63. The molecule has 0 radical (unpaired) electrons. The van der Waals surface area contributed by atoms with Crippen molar-refractivity contribution in [1.82, 2.24) is 5.32 Å². The van der Waals surface area contributed by atoms with Crippen LogP contribution in [0.4, 0.5) is 18.0 Å². The molecule has 0 aromatic heterocycles. The number of amides is 1. The Morgan fingerprint density at radius 3 is 2.20 bits per heavy atom. The summed E-state index contributed by atoms with van der Waals surface area (Å²) in [5, 5.41) is 23.1. The molecule has 3 aromatic carbocycles. The first-order chi connectivity index (χ1) is 16.7. The fraction of sp³-hybridized carbons (Fsp3) is 0.296. The molecule has 4 rings (SSSR count). The minimum Gasteiger partial charge on any atom is -0.449 e. The molecule has 0 saturated carbocycles. The van der Waals surface area contributed by atoms with E-state index in [1.807, 2.05) is 48.5 Å². The van der Waals surface area contributed by atoms with E-state index in [4.69, 9.17) is 4.74 Å². The first-order valence-corrected chi connectivity index (χ1v) is 11.3. The van der Waals surface area contributed by atoms with Gasteiger partial charge in [-0.1, -0.05) is 60.7 Å². The third kappa shape index (κ3) is 5.33. The zero-order valence-electron chi connectivity index (χ0n) is 19.0. The lowest BCUT2D eigenvalue weighted by molar-refractivity contribution is -0.138. The van der Waals surface area contributed by atoms with E-state index < -0.39 is 30.0 Å². The number of halogens is 3.